The van der Waals surface area contributed by atoms with Gasteiger partial charge in [0.1, 0.15) is 30.2 Å². The van der Waals surface area contributed by atoms with Crippen LogP contribution in [-0.2, 0) is 18.3 Å². The van der Waals surface area contributed by atoms with Crippen LogP contribution < -0.4 is 5.73 Å². The van der Waals surface area contributed by atoms with Gasteiger partial charge in [-0.3, -0.25) is 13.6 Å². The van der Waals surface area contributed by atoms with E-state index >= 15 is 0 Å². The van der Waals surface area contributed by atoms with Crippen molar-refractivity contribution in [1.29, 1.82) is 0 Å². The largest absolute Gasteiger partial charge is 0.386 e. The van der Waals surface area contributed by atoms with Gasteiger partial charge < -0.3 is 15.6 Å². The van der Waals surface area contributed by atoms with Gasteiger partial charge in [0, 0.05) is 0 Å². The number of anilines is 1. The third kappa shape index (κ3) is 2.13. The highest BCUT2D eigenvalue weighted by atomic mass is 32.7. The Morgan fingerprint density at radius 1 is 1.45 bits per heavy atom. The van der Waals surface area contributed by atoms with E-state index < -0.39 is 31.3 Å². The zero-order valence-corrected chi connectivity index (χ0v) is 12.8. The van der Waals surface area contributed by atoms with Crippen molar-refractivity contribution in [2.75, 3.05) is 12.3 Å². The van der Waals surface area contributed by atoms with Crippen LogP contribution in [0.3, 0.4) is 0 Å². The third-order valence-corrected chi connectivity index (χ3v) is 5.24. The van der Waals surface area contributed by atoms with E-state index in [9.17, 15) is 9.67 Å². The van der Waals surface area contributed by atoms with Crippen LogP contribution in [0.15, 0.2) is 12.7 Å². The summed E-state index contributed by atoms with van der Waals surface area (Å²) in [7, 11) is 0. The summed E-state index contributed by atoms with van der Waals surface area (Å²) < 4.78 is 29.2. The first-order valence-corrected chi connectivity index (χ1v) is 9.08. The number of nitrogens with zero attached hydrogens (tertiary/aromatic N) is 4. The maximum atomic E-state index is 11.8. The lowest BCUT2D eigenvalue weighted by Gasteiger charge is -2.28. The number of aliphatic hydroxyl groups excluding tert-OH is 1. The Balaban J connectivity index is 1.71. The van der Waals surface area contributed by atoms with E-state index in [0.717, 1.165) is 0 Å². The standard InChI is InChI=1S/C10H12N5O5PS/c11-8-5-9(13-2-12-8)15(3-14-5)10-6(16)7-4(19-10)1-18-21(17,22)20-7/h2-4,6-7,10,16H,1H2,(H,17,22)(H2,11,12,13)/t4-,6-,7-,10-,21?/m1/s1. The lowest BCUT2D eigenvalue weighted by molar-refractivity contribution is -0.0561. The minimum Gasteiger partial charge on any atom is -0.386 e. The number of ether oxygens (including phenoxy) is 1. The van der Waals surface area contributed by atoms with E-state index in [1.807, 2.05) is 0 Å². The molecule has 0 radical (unpaired) electrons. The number of aliphatic hydroxyl groups is 1. The zero-order valence-electron chi connectivity index (χ0n) is 11.0. The summed E-state index contributed by atoms with van der Waals surface area (Å²) in [5.74, 6) is 0.230. The van der Waals surface area contributed by atoms with Crippen LogP contribution in [0.2, 0.25) is 0 Å². The predicted molar refractivity (Wildman–Crippen MR) is 77.1 cm³/mol. The summed E-state index contributed by atoms with van der Waals surface area (Å²) in [6.07, 6.45) is -0.523. The highest BCUT2D eigenvalue weighted by Gasteiger charge is 2.52. The second kappa shape index (κ2) is 4.88. The van der Waals surface area contributed by atoms with E-state index in [1.54, 1.807) is 0 Å². The molecule has 0 spiro atoms. The quantitative estimate of drug-likeness (QED) is 0.486. The number of imidazole rings is 1. The minimum atomic E-state index is -3.47. The molecule has 4 rings (SSSR count). The molecule has 2 aromatic heterocycles. The molecule has 2 saturated heterocycles. The molecule has 1 unspecified atom stereocenters. The van der Waals surface area contributed by atoms with Gasteiger partial charge in [0.2, 0.25) is 0 Å². The average Bonchev–Trinajstić information content (AvgIpc) is 3.01. The van der Waals surface area contributed by atoms with Gasteiger partial charge in [0.05, 0.1) is 12.9 Å². The normalized spacial score (nSPS) is 38.3. The number of thiol groups is 1. The second-order valence-corrected chi connectivity index (χ2v) is 7.85. The maximum absolute atomic E-state index is 11.8. The van der Waals surface area contributed by atoms with E-state index in [4.69, 9.17) is 19.5 Å². The molecule has 2 aliphatic rings. The Hall–Kier alpha value is -1.23. The molecule has 2 fully saturated rings. The number of rotatable bonds is 1. The van der Waals surface area contributed by atoms with Crippen molar-refractivity contribution >= 4 is 36.0 Å². The van der Waals surface area contributed by atoms with Crippen LogP contribution in [0.4, 0.5) is 5.82 Å². The molecular formula is C10H12N5O5PS. The Morgan fingerprint density at radius 3 is 3.09 bits per heavy atom. The molecule has 0 bridgehead atoms. The Kier molecular flexibility index (Phi) is 3.19. The lowest BCUT2D eigenvalue weighted by Crippen LogP contribution is -2.38. The van der Waals surface area contributed by atoms with Crippen molar-refractivity contribution in [1.82, 2.24) is 19.5 Å². The molecule has 10 nitrogen and oxygen atoms in total. The summed E-state index contributed by atoms with van der Waals surface area (Å²) in [6, 6.07) is 0. The van der Waals surface area contributed by atoms with Crippen LogP contribution >= 0.6 is 19.0 Å². The summed E-state index contributed by atoms with van der Waals surface area (Å²) in [5, 5.41) is 10.4. The fourth-order valence-corrected chi connectivity index (χ4v) is 4.11. The predicted octanol–water partition coefficient (Wildman–Crippen LogP) is 0.120. The van der Waals surface area contributed by atoms with Crippen molar-refractivity contribution in [2.45, 2.75) is 24.5 Å². The number of aromatic nitrogens is 4. The van der Waals surface area contributed by atoms with Crippen molar-refractivity contribution in [3.8, 4) is 0 Å². The number of hydrogen-bond donors (Lipinski definition) is 3. The fraction of sp³-hybridized carbons (Fsp3) is 0.500. The monoisotopic (exact) mass is 345 g/mol. The molecule has 0 aromatic carbocycles. The van der Waals surface area contributed by atoms with Gasteiger partial charge >= 0.3 is 6.80 Å². The second-order valence-electron chi connectivity index (χ2n) is 4.97. The molecule has 22 heavy (non-hydrogen) atoms. The van der Waals surface area contributed by atoms with Crippen LogP contribution in [0.5, 0.6) is 0 Å². The molecule has 118 valence electrons. The van der Waals surface area contributed by atoms with Gasteiger partial charge in [0.15, 0.2) is 17.7 Å². The summed E-state index contributed by atoms with van der Waals surface area (Å²) in [6.45, 7) is -3.45. The van der Waals surface area contributed by atoms with E-state index in [2.05, 4.69) is 27.2 Å². The zero-order chi connectivity index (χ0) is 15.5. The Morgan fingerprint density at radius 2 is 2.27 bits per heavy atom. The van der Waals surface area contributed by atoms with Crippen LogP contribution in [0.1, 0.15) is 6.23 Å². The summed E-state index contributed by atoms with van der Waals surface area (Å²) in [5.41, 5.74) is 6.56. The van der Waals surface area contributed by atoms with Crippen molar-refractivity contribution in [2.24, 2.45) is 0 Å². The Bertz CT molecular complexity index is 786. The minimum absolute atomic E-state index is 0.0166. The number of fused-ring (bicyclic) bond motifs is 2. The van der Waals surface area contributed by atoms with E-state index in [0.29, 0.717) is 11.2 Å². The van der Waals surface area contributed by atoms with Gasteiger partial charge in [-0.1, -0.05) is 12.2 Å². The van der Waals surface area contributed by atoms with Crippen LogP contribution in [-0.4, -0.2) is 49.5 Å². The molecule has 2 aromatic rings. The van der Waals surface area contributed by atoms with Gasteiger partial charge in [-0.2, -0.15) is 0 Å². The number of nitrogen functional groups attached to an aromatic ring is 1. The van der Waals surface area contributed by atoms with Crippen molar-refractivity contribution in [3.05, 3.63) is 12.7 Å². The van der Waals surface area contributed by atoms with E-state index in [1.165, 1.54) is 17.2 Å². The maximum Gasteiger partial charge on any atom is 0.386 e. The summed E-state index contributed by atoms with van der Waals surface area (Å²) >= 11 is 3.81. The van der Waals surface area contributed by atoms with Crippen LogP contribution in [0.25, 0.3) is 11.2 Å². The van der Waals surface area contributed by atoms with Gasteiger partial charge in [-0.15, -0.1) is 0 Å². The molecule has 5 atom stereocenters. The third-order valence-electron chi connectivity index (χ3n) is 3.63. The smallest absolute Gasteiger partial charge is 0.386 e. The lowest BCUT2D eigenvalue weighted by atomic mass is 10.1. The first-order valence-electron chi connectivity index (χ1n) is 6.38. The van der Waals surface area contributed by atoms with Gasteiger partial charge in [0.25, 0.3) is 0 Å². The molecule has 2 aliphatic heterocycles. The molecule has 0 saturated carbocycles. The van der Waals surface area contributed by atoms with E-state index in [-0.39, 0.29) is 12.4 Å². The first-order chi connectivity index (χ1) is 10.5. The highest BCUT2D eigenvalue weighted by Crippen LogP contribution is 2.59. The number of hydrogen-bond acceptors (Lipinski definition) is 9. The summed E-state index contributed by atoms with van der Waals surface area (Å²) in [4.78, 5) is 12.1. The fourth-order valence-electron chi connectivity index (χ4n) is 2.62. The Labute approximate surface area is 129 Å². The number of nitrogens with two attached hydrogens (primary N) is 1. The topological polar surface area (TPSA) is 135 Å². The van der Waals surface area contributed by atoms with Crippen molar-refractivity contribution < 1.29 is 23.5 Å². The van der Waals surface area contributed by atoms with Crippen LogP contribution in [0, 0.1) is 0 Å². The highest BCUT2D eigenvalue weighted by molar-refractivity contribution is 8.44. The van der Waals surface area contributed by atoms with Crippen molar-refractivity contribution in [3.63, 3.8) is 0 Å². The SMILES string of the molecule is Nc1ncnc2c1ncn2[C@@H]1O[C@@H]2COP(=O)(S)O[C@H]2[C@H]1O. The molecular weight excluding hydrogens is 333 g/mol. The molecule has 0 amide bonds. The average molecular weight is 345 g/mol. The molecule has 12 heteroatoms. The van der Waals surface area contributed by atoms with Gasteiger partial charge in [-0.25, -0.2) is 19.5 Å². The molecule has 3 N–H and O–H groups in total. The molecule has 0 aliphatic carbocycles. The van der Waals surface area contributed by atoms with Gasteiger partial charge in [-0.05, 0) is 0 Å². The first kappa shape index (κ1) is 14.4. The molecule has 4 heterocycles.